The molecule has 3 aromatic rings. The molecule has 4 nitrogen and oxygen atoms in total. The Morgan fingerprint density at radius 3 is 2.61 bits per heavy atom. The van der Waals surface area contributed by atoms with Gasteiger partial charge < -0.3 is 14.8 Å². The van der Waals surface area contributed by atoms with E-state index in [4.69, 9.17) is 9.47 Å². The third kappa shape index (κ3) is 4.26. The molecule has 2 aliphatic rings. The number of benzene rings is 3. The van der Waals surface area contributed by atoms with E-state index < -0.39 is 0 Å². The fourth-order valence-electron chi connectivity index (χ4n) is 4.97. The number of hydrogen-bond acceptors (Lipinski definition) is 4. The number of nitrogens with zero attached hydrogens (tertiary/aromatic N) is 1. The molecule has 0 radical (unpaired) electrons. The minimum absolute atomic E-state index is 0.297. The standard InChI is InChI=1S/C28H27IN2O2/c1-17-7-12-25-23(13-17)21-5-4-6-22(21)27(31-25)19-8-10-20(11-9-19)30-16-18-14-24(29)28(33-3)26(15-18)32-2/h4-5,7-16,21-22,27,31H,6H2,1-3H3/t21-,22-,27-/m0/s1. The van der Waals surface area contributed by atoms with E-state index in [-0.39, 0.29) is 0 Å². The van der Waals surface area contributed by atoms with Gasteiger partial charge >= 0.3 is 0 Å². The summed E-state index contributed by atoms with van der Waals surface area (Å²) in [5, 5.41) is 3.81. The van der Waals surface area contributed by atoms with Crippen LogP contribution in [0.15, 0.2) is 71.7 Å². The molecule has 0 saturated heterocycles. The number of halogens is 1. The van der Waals surface area contributed by atoms with Gasteiger partial charge in [0, 0.05) is 17.8 Å². The van der Waals surface area contributed by atoms with Crippen molar-refractivity contribution in [1.82, 2.24) is 0 Å². The normalized spacial score (nSPS) is 20.9. The number of nitrogens with one attached hydrogen (secondary N) is 1. The van der Waals surface area contributed by atoms with Crippen molar-refractivity contribution in [2.45, 2.75) is 25.3 Å². The third-order valence-electron chi connectivity index (χ3n) is 6.59. The molecule has 3 atom stereocenters. The number of hydrogen-bond donors (Lipinski definition) is 1. The Labute approximate surface area is 208 Å². The molecule has 1 N–H and O–H groups in total. The van der Waals surface area contributed by atoms with Gasteiger partial charge in [-0.1, -0.05) is 42.0 Å². The highest BCUT2D eigenvalue weighted by molar-refractivity contribution is 14.1. The van der Waals surface area contributed by atoms with Gasteiger partial charge in [0.1, 0.15) is 0 Å². The second kappa shape index (κ2) is 9.21. The highest BCUT2D eigenvalue weighted by Crippen LogP contribution is 2.50. The first-order chi connectivity index (χ1) is 16.1. The molecule has 0 aromatic heterocycles. The molecule has 1 aliphatic carbocycles. The van der Waals surface area contributed by atoms with Crippen molar-refractivity contribution in [2.24, 2.45) is 10.9 Å². The van der Waals surface area contributed by atoms with Gasteiger partial charge in [-0.15, -0.1) is 0 Å². The van der Waals surface area contributed by atoms with E-state index in [1.165, 1.54) is 22.4 Å². The van der Waals surface area contributed by atoms with Gasteiger partial charge in [0.25, 0.3) is 0 Å². The Hall–Kier alpha value is -2.80. The van der Waals surface area contributed by atoms with Gasteiger partial charge in [-0.25, -0.2) is 0 Å². The minimum Gasteiger partial charge on any atom is -0.493 e. The number of anilines is 1. The molecule has 0 spiro atoms. The van der Waals surface area contributed by atoms with Crippen LogP contribution in [0.3, 0.4) is 0 Å². The summed E-state index contributed by atoms with van der Waals surface area (Å²) in [4.78, 5) is 4.69. The van der Waals surface area contributed by atoms with Gasteiger partial charge in [-0.3, -0.25) is 4.99 Å². The Morgan fingerprint density at radius 1 is 1.03 bits per heavy atom. The number of allylic oxidation sites excluding steroid dienone is 2. The highest BCUT2D eigenvalue weighted by Gasteiger charge is 2.37. The quantitative estimate of drug-likeness (QED) is 0.208. The molecule has 0 bridgehead atoms. The molecule has 5 rings (SSSR count). The lowest BCUT2D eigenvalue weighted by Crippen LogP contribution is -2.29. The summed E-state index contributed by atoms with van der Waals surface area (Å²) in [5.41, 5.74) is 7.21. The fraction of sp³-hybridized carbons (Fsp3) is 0.250. The zero-order chi connectivity index (χ0) is 22.9. The lowest BCUT2D eigenvalue weighted by Gasteiger charge is -2.37. The van der Waals surface area contributed by atoms with Crippen LogP contribution in [0.4, 0.5) is 11.4 Å². The van der Waals surface area contributed by atoms with Crippen LogP contribution in [-0.4, -0.2) is 20.4 Å². The van der Waals surface area contributed by atoms with Crippen LogP contribution in [0, 0.1) is 16.4 Å². The van der Waals surface area contributed by atoms with E-state index in [0.29, 0.717) is 23.6 Å². The van der Waals surface area contributed by atoms with Gasteiger partial charge in [0.05, 0.1) is 29.5 Å². The summed E-state index contributed by atoms with van der Waals surface area (Å²) in [6, 6.07) is 19.6. The molecule has 0 amide bonds. The van der Waals surface area contributed by atoms with Crippen molar-refractivity contribution in [2.75, 3.05) is 19.5 Å². The number of aliphatic imine (C=N–C) groups is 1. The van der Waals surface area contributed by atoms with Gasteiger partial charge in [0.2, 0.25) is 0 Å². The first kappa shape index (κ1) is 22.0. The molecular weight excluding hydrogens is 523 g/mol. The van der Waals surface area contributed by atoms with E-state index in [0.717, 1.165) is 27.0 Å². The van der Waals surface area contributed by atoms with Crippen molar-refractivity contribution < 1.29 is 9.47 Å². The third-order valence-corrected chi connectivity index (χ3v) is 7.39. The molecule has 1 heterocycles. The molecule has 168 valence electrons. The van der Waals surface area contributed by atoms with Crippen molar-refractivity contribution in [3.05, 3.63) is 92.6 Å². The maximum absolute atomic E-state index is 5.46. The topological polar surface area (TPSA) is 42.8 Å². The number of ether oxygens (including phenoxy) is 2. The van der Waals surface area contributed by atoms with Crippen LogP contribution in [0.5, 0.6) is 11.5 Å². The SMILES string of the molecule is COc1cc(C=Nc2ccc([C@@H]3Nc4ccc(C)cc4[C@H]4C=CC[C@@H]43)cc2)cc(I)c1OC. The lowest BCUT2D eigenvalue weighted by molar-refractivity contribution is 0.353. The number of rotatable bonds is 5. The number of aryl methyl sites for hydroxylation is 1. The average molecular weight is 550 g/mol. The van der Waals surface area contributed by atoms with Crippen molar-refractivity contribution in [3.8, 4) is 11.5 Å². The lowest BCUT2D eigenvalue weighted by atomic mass is 9.76. The van der Waals surface area contributed by atoms with Crippen LogP contribution in [0.2, 0.25) is 0 Å². The van der Waals surface area contributed by atoms with E-state index in [1.54, 1.807) is 14.2 Å². The smallest absolute Gasteiger partial charge is 0.174 e. The van der Waals surface area contributed by atoms with Crippen LogP contribution in [0.1, 0.15) is 40.6 Å². The maximum Gasteiger partial charge on any atom is 0.174 e. The van der Waals surface area contributed by atoms with Crippen molar-refractivity contribution in [3.63, 3.8) is 0 Å². The van der Waals surface area contributed by atoms with E-state index in [2.05, 4.69) is 94.4 Å². The van der Waals surface area contributed by atoms with Crippen LogP contribution in [-0.2, 0) is 0 Å². The van der Waals surface area contributed by atoms with Crippen molar-refractivity contribution >= 4 is 40.2 Å². The second-order valence-corrected chi connectivity index (χ2v) is 9.82. The summed E-state index contributed by atoms with van der Waals surface area (Å²) in [7, 11) is 3.30. The first-order valence-corrected chi connectivity index (χ1v) is 12.2. The largest absolute Gasteiger partial charge is 0.493 e. The predicted octanol–water partition coefficient (Wildman–Crippen LogP) is 7.19. The highest BCUT2D eigenvalue weighted by atomic mass is 127. The molecule has 0 saturated carbocycles. The van der Waals surface area contributed by atoms with Gasteiger partial charge in [-0.2, -0.15) is 0 Å². The molecular formula is C28H27IN2O2. The fourth-order valence-corrected chi connectivity index (χ4v) is 5.82. The molecule has 1 aliphatic heterocycles. The van der Waals surface area contributed by atoms with E-state index >= 15 is 0 Å². The summed E-state index contributed by atoms with van der Waals surface area (Å²) >= 11 is 2.25. The second-order valence-electron chi connectivity index (χ2n) is 8.65. The summed E-state index contributed by atoms with van der Waals surface area (Å²) in [6.45, 7) is 2.17. The zero-order valence-electron chi connectivity index (χ0n) is 19.0. The molecule has 5 heteroatoms. The average Bonchev–Trinajstić information content (AvgIpc) is 3.33. The van der Waals surface area contributed by atoms with Crippen LogP contribution in [0.25, 0.3) is 0 Å². The number of fused-ring (bicyclic) bond motifs is 3. The summed E-state index contributed by atoms with van der Waals surface area (Å²) in [6.07, 6.45) is 7.70. The van der Waals surface area contributed by atoms with Crippen LogP contribution < -0.4 is 14.8 Å². The molecule has 3 aromatic carbocycles. The Kier molecular flexibility index (Phi) is 6.15. The Morgan fingerprint density at radius 2 is 1.85 bits per heavy atom. The Bertz CT molecular complexity index is 1230. The van der Waals surface area contributed by atoms with E-state index in [1.807, 2.05) is 18.3 Å². The van der Waals surface area contributed by atoms with Gasteiger partial charge in [0.15, 0.2) is 11.5 Å². The molecule has 33 heavy (non-hydrogen) atoms. The minimum atomic E-state index is 0.297. The van der Waals surface area contributed by atoms with Crippen molar-refractivity contribution in [1.29, 1.82) is 0 Å². The first-order valence-electron chi connectivity index (χ1n) is 11.2. The Balaban J connectivity index is 1.37. The van der Waals surface area contributed by atoms with E-state index in [9.17, 15) is 0 Å². The number of methoxy groups -OCH3 is 2. The summed E-state index contributed by atoms with van der Waals surface area (Å²) < 4.78 is 11.9. The predicted molar refractivity (Wildman–Crippen MR) is 143 cm³/mol. The van der Waals surface area contributed by atoms with Crippen LogP contribution >= 0.6 is 22.6 Å². The van der Waals surface area contributed by atoms with Gasteiger partial charge in [-0.05, 0) is 88.9 Å². The monoisotopic (exact) mass is 550 g/mol. The maximum atomic E-state index is 5.46. The molecule has 0 unspecified atom stereocenters. The summed E-state index contributed by atoms with van der Waals surface area (Å²) in [5.74, 6) is 2.48. The molecule has 0 fully saturated rings. The zero-order valence-corrected chi connectivity index (χ0v) is 21.2.